The molecule has 52 heavy (non-hydrogen) atoms. The van der Waals surface area contributed by atoms with E-state index in [1.54, 1.807) is 0 Å². The van der Waals surface area contributed by atoms with Crippen molar-refractivity contribution in [2.24, 2.45) is 11.3 Å². The number of esters is 3. The van der Waals surface area contributed by atoms with Gasteiger partial charge in [0.1, 0.15) is 5.78 Å². The molecule has 1 atom stereocenters. The number of Topliss-reactive ketones (excluding diaryl/α,β-unsaturated/α-hetero) is 1. The third kappa shape index (κ3) is 37.8. The third-order valence-electron chi connectivity index (χ3n) is 9.78. The smallest absolute Gasteiger partial charge is 0.305 e. The number of carbonyl (C=O) groups excluding carboxylic acids is 4. The van der Waals surface area contributed by atoms with Crippen LogP contribution in [0.1, 0.15) is 234 Å². The minimum Gasteiger partial charge on any atom is -0.466 e. The van der Waals surface area contributed by atoms with Gasteiger partial charge in [0, 0.05) is 38.0 Å². The van der Waals surface area contributed by atoms with Gasteiger partial charge in [-0.05, 0) is 50.4 Å². The summed E-state index contributed by atoms with van der Waals surface area (Å²) in [5, 5.41) is 0. The Balaban J connectivity index is 3.89. The summed E-state index contributed by atoms with van der Waals surface area (Å²) in [6, 6.07) is 0. The van der Waals surface area contributed by atoms with E-state index in [9.17, 15) is 19.2 Å². The number of ketones is 1. The van der Waals surface area contributed by atoms with Crippen LogP contribution in [0.3, 0.4) is 0 Å². The van der Waals surface area contributed by atoms with Gasteiger partial charge in [0.25, 0.3) is 0 Å². The zero-order valence-corrected chi connectivity index (χ0v) is 35.0. The van der Waals surface area contributed by atoms with Crippen molar-refractivity contribution in [2.45, 2.75) is 234 Å². The summed E-state index contributed by atoms with van der Waals surface area (Å²) in [6.45, 7) is 12.0. The van der Waals surface area contributed by atoms with Crippen LogP contribution in [0.5, 0.6) is 0 Å². The fourth-order valence-corrected chi connectivity index (χ4v) is 6.69. The molecule has 0 rings (SSSR count). The summed E-state index contributed by atoms with van der Waals surface area (Å²) in [4.78, 5) is 48.9. The van der Waals surface area contributed by atoms with Crippen molar-refractivity contribution >= 4 is 23.7 Å². The van der Waals surface area contributed by atoms with Crippen LogP contribution in [-0.2, 0) is 33.4 Å². The summed E-state index contributed by atoms with van der Waals surface area (Å²) in [7, 11) is 0. The standard InChI is InChI=1S/C45H84O7/c1-6-8-10-12-14-19-25-31-41(46)32-26-20-15-16-22-28-34-43(48)51-38-40(37-45(3,4)5)39-52-44(49)35-29-23-18-17-21-27-33-42(47)50-36-30-24-13-11-9-7-2/h40H,6-39H2,1-5H3. The Bertz CT molecular complexity index is 800. The van der Waals surface area contributed by atoms with Crippen LogP contribution in [0.4, 0.5) is 0 Å². The predicted octanol–water partition coefficient (Wildman–Crippen LogP) is 13.0. The first-order valence-electron chi connectivity index (χ1n) is 22.1. The van der Waals surface area contributed by atoms with Gasteiger partial charge in [-0.1, -0.05) is 157 Å². The van der Waals surface area contributed by atoms with Crippen LogP contribution < -0.4 is 0 Å². The fraction of sp³-hybridized carbons (Fsp3) is 0.911. The maximum absolute atomic E-state index is 12.4. The molecule has 0 N–H and O–H groups in total. The Labute approximate surface area is 321 Å². The average Bonchev–Trinajstić information content (AvgIpc) is 3.10. The van der Waals surface area contributed by atoms with Crippen LogP contribution in [0.2, 0.25) is 0 Å². The van der Waals surface area contributed by atoms with Crippen LogP contribution in [0.25, 0.3) is 0 Å². The molecule has 1 unspecified atom stereocenters. The quantitative estimate of drug-likeness (QED) is 0.0354. The van der Waals surface area contributed by atoms with Gasteiger partial charge in [-0.25, -0.2) is 0 Å². The molecule has 7 heteroatoms. The summed E-state index contributed by atoms with van der Waals surface area (Å²) in [6.07, 6.45) is 31.3. The molecule has 7 nitrogen and oxygen atoms in total. The van der Waals surface area contributed by atoms with Crippen LogP contribution in [0, 0.1) is 11.3 Å². The van der Waals surface area contributed by atoms with Gasteiger partial charge in [0.15, 0.2) is 0 Å². The topological polar surface area (TPSA) is 96.0 Å². The zero-order chi connectivity index (χ0) is 38.5. The van der Waals surface area contributed by atoms with Crippen molar-refractivity contribution < 1.29 is 33.4 Å². The fourth-order valence-electron chi connectivity index (χ4n) is 6.69. The Kier molecular flexibility index (Phi) is 34.7. The van der Waals surface area contributed by atoms with E-state index < -0.39 is 0 Å². The maximum Gasteiger partial charge on any atom is 0.305 e. The molecule has 0 aromatic heterocycles. The molecule has 0 heterocycles. The van der Waals surface area contributed by atoms with E-state index >= 15 is 0 Å². The molecule has 0 aromatic carbocycles. The minimum absolute atomic E-state index is 0.0149. The lowest BCUT2D eigenvalue weighted by Crippen LogP contribution is -2.25. The van der Waals surface area contributed by atoms with Gasteiger partial charge in [0.05, 0.1) is 19.8 Å². The van der Waals surface area contributed by atoms with Crippen molar-refractivity contribution in [3.63, 3.8) is 0 Å². The van der Waals surface area contributed by atoms with E-state index in [0.29, 0.717) is 38.1 Å². The summed E-state index contributed by atoms with van der Waals surface area (Å²) < 4.78 is 16.6. The molecular weight excluding hydrogens is 652 g/mol. The van der Waals surface area contributed by atoms with Crippen molar-refractivity contribution in [1.29, 1.82) is 0 Å². The second-order valence-corrected chi connectivity index (χ2v) is 16.6. The lowest BCUT2D eigenvalue weighted by atomic mass is 9.85. The predicted molar refractivity (Wildman–Crippen MR) is 215 cm³/mol. The van der Waals surface area contributed by atoms with Crippen molar-refractivity contribution in [3.8, 4) is 0 Å². The number of unbranched alkanes of at least 4 members (excludes halogenated alkanes) is 21. The number of ether oxygens (including phenoxy) is 3. The molecule has 0 aromatic rings. The molecule has 0 aliphatic rings. The van der Waals surface area contributed by atoms with Gasteiger partial charge in [-0.3, -0.25) is 19.2 Å². The Hall–Kier alpha value is -1.92. The lowest BCUT2D eigenvalue weighted by molar-refractivity contribution is -0.150. The maximum atomic E-state index is 12.4. The van der Waals surface area contributed by atoms with Crippen molar-refractivity contribution in [1.82, 2.24) is 0 Å². The SMILES string of the molecule is CCCCCCCCCC(=O)CCCCCCCCC(=O)OCC(COC(=O)CCCCCCCCC(=O)OCCCCCCCC)CC(C)(C)C. The second kappa shape index (κ2) is 36.1. The highest BCUT2D eigenvalue weighted by Gasteiger charge is 2.22. The Morgan fingerprint density at radius 1 is 0.404 bits per heavy atom. The van der Waals surface area contributed by atoms with E-state index in [0.717, 1.165) is 109 Å². The van der Waals surface area contributed by atoms with Gasteiger partial charge in [-0.15, -0.1) is 0 Å². The molecule has 0 fully saturated rings. The molecule has 0 saturated heterocycles. The van der Waals surface area contributed by atoms with E-state index in [-0.39, 0.29) is 42.5 Å². The van der Waals surface area contributed by atoms with E-state index in [2.05, 4.69) is 34.6 Å². The zero-order valence-electron chi connectivity index (χ0n) is 35.0. The van der Waals surface area contributed by atoms with Crippen molar-refractivity contribution in [3.05, 3.63) is 0 Å². The molecular formula is C45H84O7. The molecule has 0 amide bonds. The first kappa shape index (κ1) is 50.1. The molecule has 0 radical (unpaired) electrons. The molecule has 0 aliphatic heterocycles. The van der Waals surface area contributed by atoms with E-state index in [1.165, 1.54) is 64.2 Å². The Morgan fingerprint density at radius 2 is 0.712 bits per heavy atom. The number of hydrogen-bond donors (Lipinski definition) is 0. The first-order chi connectivity index (χ1) is 25.1. The molecule has 0 aliphatic carbocycles. The van der Waals surface area contributed by atoms with Gasteiger partial charge in [-0.2, -0.15) is 0 Å². The highest BCUT2D eigenvalue weighted by molar-refractivity contribution is 5.78. The molecule has 0 spiro atoms. The summed E-state index contributed by atoms with van der Waals surface area (Å²) >= 11 is 0. The summed E-state index contributed by atoms with van der Waals surface area (Å²) in [5.41, 5.74) is 0.0343. The van der Waals surface area contributed by atoms with Crippen LogP contribution in [0.15, 0.2) is 0 Å². The molecule has 306 valence electrons. The third-order valence-corrected chi connectivity index (χ3v) is 9.78. The van der Waals surface area contributed by atoms with Crippen LogP contribution in [-0.4, -0.2) is 43.5 Å². The molecule has 0 saturated carbocycles. The largest absolute Gasteiger partial charge is 0.466 e. The minimum atomic E-state index is -0.184. The average molecular weight is 737 g/mol. The lowest BCUT2D eigenvalue weighted by Gasteiger charge is -2.25. The number of rotatable bonds is 38. The highest BCUT2D eigenvalue weighted by Crippen LogP contribution is 2.25. The first-order valence-corrected chi connectivity index (χ1v) is 22.1. The van der Waals surface area contributed by atoms with E-state index in [4.69, 9.17) is 14.2 Å². The van der Waals surface area contributed by atoms with Gasteiger partial charge >= 0.3 is 17.9 Å². The highest BCUT2D eigenvalue weighted by atomic mass is 16.5. The Morgan fingerprint density at radius 3 is 1.08 bits per heavy atom. The summed E-state index contributed by atoms with van der Waals surface area (Å²) in [5.74, 6) is -0.0299. The monoisotopic (exact) mass is 737 g/mol. The number of hydrogen-bond acceptors (Lipinski definition) is 7. The van der Waals surface area contributed by atoms with Gasteiger partial charge in [0.2, 0.25) is 0 Å². The van der Waals surface area contributed by atoms with E-state index in [1.807, 2.05) is 0 Å². The van der Waals surface area contributed by atoms with Crippen LogP contribution >= 0.6 is 0 Å². The molecule has 0 bridgehead atoms. The van der Waals surface area contributed by atoms with Crippen molar-refractivity contribution in [2.75, 3.05) is 19.8 Å². The number of carbonyl (C=O) groups is 4. The second-order valence-electron chi connectivity index (χ2n) is 16.6. The van der Waals surface area contributed by atoms with Gasteiger partial charge < -0.3 is 14.2 Å². The normalized spacial score (nSPS) is 12.1.